The van der Waals surface area contributed by atoms with Crippen LogP contribution in [0.15, 0.2) is 35.2 Å². The van der Waals surface area contributed by atoms with Crippen LogP contribution in [-0.2, 0) is 15.6 Å². The third-order valence-electron chi connectivity index (χ3n) is 5.42. The average Bonchev–Trinajstić information content (AvgIpc) is 3.00. The SMILES string of the molecule is COc1ccc(C)cc1NC1NC(=O)/C(=C/c2cc(C(C)(C)C)c(O)c(C(C)(C)C)c2)S1. The molecule has 3 rings (SSSR count). The summed E-state index contributed by atoms with van der Waals surface area (Å²) in [5.74, 6) is 0.939. The summed E-state index contributed by atoms with van der Waals surface area (Å²) in [7, 11) is 1.63. The minimum Gasteiger partial charge on any atom is -0.507 e. The van der Waals surface area contributed by atoms with E-state index in [1.165, 1.54) is 11.8 Å². The summed E-state index contributed by atoms with van der Waals surface area (Å²) in [6, 6.07) is 9.86. The Morgan fingerprint density at radius 3 is 2.19 bits per heavy atom. The number of ether oxygens (including phenoxy) is 1. The fourth-order valence-electron chi connectivity index (χ4n) is 3.68. The number of carbonyl (C=O) groups is 1. The second-order valence-electron chi connectivity index (χ2n) is 10.3. The van der Waals surface area contributed by atoms with Crippen molar-refractivity contribution < 1.29 is 14.6 Å². The summed E-state index contributed by atoms with van der Waals surface area (Å²) < 4.78 is 5.44. The van der Waals surface area contributed by atoms with Crippen molar-refractivity contribution in [3.8, 4) is 11.5 Å². The fraction of sp³-hybridized carbons (Fsp3) is 0.423. The number of amides is 1. The van der Waals surface area contributed by atoms with Crippen LogP contribution in [0, 0.1) is 6.92 Å². The van der Waals surface area contributed by atoms with Crippen LogP contribution in [0.1, 0.15) is 63.8 Å². The quantitative estimate of drug-likeness (QED) is 0.502. The molecule has 1 saturated heterocycles. The van der Waals surface area contributed by atoms with Gasteiger partial charge < -0.3 is 20.5 Å². The van der Waals surface area contributed by atoms with Gasteiger partial charge in [0, 0.05) is 11.1 Å². The van der Waals surface area contributed by atoms with E-state index < -0.39 is 0 Å². The van der Waals surface area contributed by atoms with Gasteiger partial charge >= 0.3 is 0 Å². The van der Waals surface area contributed by atoms with E-state index in [1.807, 2.05) is 43.3 Å². The molecule has 172 valence electrons. The number of benzene rings is 2. The van der Waals surface area contributed by atoms with E-state index >= 15 is 0 Å². The first-order valence-corrected chi connectivity index (χ1v) is 11.7. The number of nitrogens with one attached hydrogen (secondary N) is 2. The number of aromatic hydroxyl groups is 1. The maximum absolute atomic E-state index is 12.7. The summed E-state index contributed by atoms with van der Waals surface area (Å²) in [6.45, 7) is 14.5. The molecule has 0 bridgehead atoms. The molecule has 5 nitrogen and oxygen atoms in total. The van der Waals surface area contributed by atoms with Gasteiger partial charge in [-0.2, -0.15) is 0 Å². The predicted molar refractivity (Wildman–Crippen MR) is 134 cm³/mol. The van der Waals surface area contributed by atoms with Crippen molar-refractivity contribution in [2.24, 2.45) is 0 Å². The van der Waals surface area contributed by atoms with Gasteiger partial charge in [0.05, 0.1) is 17.7 Å². The molecule has 1 aliphatic rings. The number of phenols is 1. The summed E-state index contributed by atoms with van der Waals surface area (Å²) in [5.41, 5.74) is 3.84. The fourth-order valence-corrected chi connectivity index (χ4v) is 4.65. The van der Waals surface area contributed by atoms with Crippen molar-refractivity contribution in [2.45, 2.75) is 64.8 Å². The van der Waals surface area contributed by atoms with Crippen LogP contribution >= 0.6 is 11.8 Å². The van der Waals surface area contributed by atoms with Crippen LogP contribution in [0.5, 0.6) is 11.5 Å². The third kappa shape index (κ3) is 5.23. The van der Waals surface area contributed by atoms with Gasteiger partial charge in [-0.05, 0) is 59.2 Å². The topological polar surface area (TPSA) is 70.6 Å². The lowest BCUT2D eigenvalue weighted by Crippen LogP contribution is -2.31. The molecule has 2 aromatic carbocycles. The first kappa shape index (κ1) is 24.1. The summed E-state index contributed by atoms with van der Waals surface area (Å²) in [5, 5.41) is 17.3. The van der Waals surface area contributed by atoms with E-state index in [0.29, 0.717) is 10.7 Å². The Hall–Kier alpha value is -2.60. The van der Waals surface area contributed by atoms with Crippen molar-refractivity contribution >= 4 is 29.4 Å². The van der Waals surface area contributed by atoms with Crippen LogP contribution in [-0.4, -0.2) is 23.6 Å². The van der Waals surface area contributed by atoms with E-state index in [0.717, 1.165) is 33.7 Å². The van der Waals surface area contributed by atoms with Crippen molar-refractivity contribution in [3.05, 3.63) is 57.5 Å². The molecule has 1 unspecified atom stereocenters. The molecule has 2 aromatic rings. The lowest BCUT2D eigenvalue weighted by atomic mass is 9.78. The molecule has 1 fully saturated rings. The number of methoxy groups -OCH3 is 1. The first-order valence-electron chi connectivity index (χ1n) is 10.8. The molecule has 0 spiro atoms. The average molecular weight is 455 g/mol. The summed E-state index contributed by atoms with van der Waals surface area (Å²) in [4.78, 5) is 13.3. The van der Waals surface area contributed by atoms with Gasteiger partial charge in [0.15, 0.2) is 5.50 Å². The van der Waals surface area contributed by atoms with Crippen molar-refractivity contribution in [3.63, 3.8) is 0 Å². The van der Waals surface area contributed by atoms with Gasteiger partial charge in [-0.1, -0.05) is 59.4 Å². The van der Waals surface area contributed by atoms with Gasteiger partial charge in [-0.15, -0.1) is 0 Å². The molecular formula is C26H34N2O3S. The summed E-state index contributed by atoms with van der Waals surface area (Å²) >= 11 is 1.44. The van der Waals surface area contributed by atoms with Crippen molar-refractivity contribution in [2.75, 3.05) is 12.4 Å². The normalized spacial score (nSPS) is 18.1. The minimum absolute atomic E-state index is 0.123. The minimum atomic E-state index is -0.300. The van der Waals surface area contributed by atoms with E-state index in [9.17, 15) is 9.90 Å². The number of thioether (sulfide) groups is 1. The summed E-state index contributed by atoms with van der Waals surface area (Å²) in [6.07, 6.45) is 1.90. The number of anilines is 1. The molecule has 6 heteroatoms. The molecule has 0 radical (unpaired) electrons. The Bertz CT molecular complexity index is 1030. The van der Waals surface area contributed by atoms with Crippen LogP contribution in [0.4, 0.5) is 5.69 Å². The standard InChI is InChI=1S/C26H34N2O3S/c1-15-9-10-20(31-8)19(11-15)27-24-28-23(30)21(32-24)14-16-12-17(25(2,3)4)22(29)18(13-16)26(5,6)7/h9-14,24,27,29H,1-8H3,(H,28,30)/b21-14-. The molecule has 1 heterocycles. The van der Waals surface area contributed by atoms with Gasteiger partial charge in [0.1, 0.15) is 11.5 Å². The molecule has 1 atom stereocenters. The number of hydrogen-bond donors (Lipinski definition) is 3. The van der Waals surface area contributed by atoms with Gasteiger partial charge in [-0.25, -0.2) is 0 Å². The maximum atomic E-state index is 12.7. The monoisotopic (exact) mass is 454 g/mol. The first-order chi connectivity index (χ1) is 14.8. The van der Waals surface area contributed by atoms with Gasteiger partial charge in [0.2, 0.25) is 0 Å². The Labute approximate surface area is 195 Å². The Balaban J connectivity index is 1.94. The smallest absolute Gasteiger partial charge is 0.260 e. The van der Waals surface area contributed by atoms with Crippen LogP contribution < -0.4 is 15.4 Å². The highest BCUT2D eigenvalue weighted by atomic mass is 32.2. The Morgan fingerprint density at radius 1 is 1.06 bits per heavy atom. The zero-order valence-corrected chi connectivity index (χ0v) is 21.0. The molecule has 1 amide bonds. The lowest BCUT2D eigenvalue weighted by Gasteiger charge is -2.28. The Kier molecular flexibility index (Phi) is 6.57. The molecule has 0 aliphatic carbocycles. The zero-order valence-electron chi connectivity index (χ0n) is 20.2. The largest absolute Gasteiger partial charge is 0.507 e. The van der Waals surface area contributed by atoms with E-state index in [1.54, 1.807) is 7.11 Å². The molecule has 1 aliphatic heterocycles. The second kappa shape index (κ2) is 8.74. The van der Waals surface area contributed by atoms with E-state index in [-0.39, 0.29) is 22.2 Å². The van der Waals surface area contributed by atoms with E-state index in [2.05, 4.69) is 52.2 Å². The molecular weight excluding hydrogens is 420 g/mol. The van der Waals surface area contributed by atoms with Crippen LogP contribution in [0.3, 0.4) is 0 Å². The lowest BCUT2D eigenvalue weighted by molar-refractivity contribution is -0.116. The predicted octanol–water partition coefficient (Wildman–Crippen LogP) is 5.90. The molecule has 3 N–H and O–H groups in total. The maximum Gasteiger partial charge on any atom is 0.260 e. The second-order valence-corrected chi connectivity index (χ2v) is 11.4. The Morgan fingerprint density at radius 2 is 1.66 bits per heavy atom. The number of phenolic OH excluding ortho intramolecular Hbond substituents is 1. The number of hydrogen-bond acceptors (Lipinski definition) is 5. The van der Waals surface area contributed by atoms with Crippen molar-refractivity contribution in [1.82, 2.24) is 5.32 Å². The third-order valence-corrected chi connectivity index (χ3v) is 6.45. The zero-order chi connectivity index (χ0) is 23.8. The van der Waals surface area contributed by atoms with Gasteiger partial charge in [-0.3, -0.25) is 4.79 Å². The molecule has 0 saturated carbocycles. The molecule has 0 aromatic heterocycles. The number of rotatable bonds is 4. The van der Waals surface area contributed by atoms with Gasteiger partial charge in [0.25, 0.3) is 5.91 Å². The van der Waals surface area contributed by atoms with Crippen LogP contribution in [0.2, 0.25) is 0 Å². The highest BCUT2D eigenvalue weighted by Gasteiger charge is 2.30. The van der Waals surface area contributed by atoms with Crippen LogP contribution in [0.25, 0.3) is 6.08 Å². The van der Waals surface area contributed by atoms with E-state index in [4.69, 9.17) is 4.74 Å². The van der Waals surface area contributed by atoms with Crippen molar-refractivity contribution in [1.29, 1.82) is 0 Å². The highest BCUT2D eigenvalue weighted by molar-refractivity contribution is 8.05. The highest BCUT2D eigenvalue weighted by Crippen LogP contribution is 2.41. The number of aryl methyl sites for hydroxylation is 1. The molecule has 32 heavy (non-hydrogen) atoms. The number of carbonyl (C=O) groups excluding carboxylic acids is 1.